The first-order valence-corrected chi connectivity index (χ1v) is 9.41. The number of likely N-dealkylation sites (tertiary alicyclic amines) is 1. The number of carbonyl (C=O) groups is 2. The molecule has 9 heteroatoms. The fourth-order valence-corrected chi connectivity index (χ4v) is 3.27. The molecule has 2 atom stereocenters. The summed E-state index contributed by atoms with van der Waals surface area (Å²) in [6.45, 7) is -0.0769. The fraction of sp³-hybridized carbons (Fsp3) is 0.625. The molecule has 0 radical (unpaired) electrons. The highest BCUT2D eigenvalue weighted by molar-refractivity contribution is 7.98. The molecule has 1 saturated heterocycles. The second-order valence-corrected chi connectivity index (χ2v) is 6.94. The quantitative estimate of drug-likeness (QED) is 0.827. The van der Waals surface area contributed by atoms with Crippen molar-refractivity contribution in [2.75, 3.05) is 25.1 Å². The first kappa shape index (κ1) is 19.7. The lowest BCUT2D eigenvalue weighted by Crippen LogP contribution is -2.53. The highest BCUT2D eigenvalue weighted by Gasteiger charge is 2.43. The van der Waals surface area contributed by atoms with Gasteiger partial charge in [0.1, 0.15) is 6.04 Å². The van der Waals surface area contributed by atoms with Crippen molar-refractivity contribution in [3.8, 4) is 0 Å². The summed E-state index contributed by atoms with van der Waals surface area (Å²) in [4.78, 5) is 26.0. The van der Waals surface area contributed by atoms with Crippen LogP contribution >= 0.6 is 11.8 Å². The Bertz CT molecular complexity index is 578. The molecule has 1 N–H and O–H groups in total. The summed E-state index contributed by atoms with van der Waals surface area (Å²) in [5.74, 6) is -1.86. The van der Waals surface area contributed by atoms with E-state index in [1.54, 1.807) is 6.07 Å². The molecule has 0 unspecified atom stereocenters. The molecule has 5 nitrogen and oxygen atoms in total. The van der Waals surface area contributed by atoms with Crippen molar-refractivity contribution in [3.63, 3.8) is 0 Å². The van der Waals surface area contributed by atoms with Gasteiger partial charge in [-0.25, -0.2) is 0 Å². The molecular weight excluding hydrogens is 357 g/mol. The highest BCUT2D eigenvalue weighted by atomic mass is 32.2. The summed E-state index contributed by atoms with van der Waals surface area (Å²) < 4.78 is 43.9. The van der Waals surface area contributed by atoms with Crippen molar-refractivity contribution in [2.45, 2.75) is 31.5 Å². The average Bonchev–Trinajstić information content (AvgIpc) is 3.12. The maximum Gasteiger partial charge on any atom is 0.393 e. The molecule has 1 aliphatic heterocycles. The van der Waals surface area contributed by atoms with Crippen LogP contribution in [0.3, 0.4) is 0 Å². The second-order valence-electron chi connectivity index (χ2n) is 5.95. The molecule has 2 heterocycles. The Morgan fingerprint density at radius 3 is 2.84 bits per heavy atom. The van der Waals surface area contributed by atoms with E-state index < -0.39 is 30.0 Å². The van der Waals surface area contributed by atoms with E-state index in [1.807, 2.05) is 6.26 Å². The molecule has 0 saturated carbocycles. The lowest BCUT2D eigenvalue weighted by molar-refractivity contribution is -0.188. The average molecular weight is 378 g/mol. The van der Waals surface area contributed by atoms with Crippen LogP contribution in [0.1, 0.15) is 29.8 Å². The van der Waals surface area contributed by atoms with Gasteiger partial charge in [0.25, 0.3) is 5.91 Å². The predicted octanol–water partition coefficient (Wildman–Crippen LogP) is 2.93. The van der Waals surface area contributed by atoms with Crippen LogP contribution in [0.15, 0.2) is 22.8 Å². The molecule has 0 spiro atoms. The van der Waals surface area contributed by atoms with Gasteiger partial charge in [-0.15, -0.1) is 0 Å². The largest absolute Gasteiger partial charge is 0.459 e. The zero-order valence-corrected chi connectivity index (χ0v) is 14.7. The zero-order chi connectivity index (χ0) is 18.4. The third-order valence-electron chi connectivity index (χ3n) is 4.16. The molecule has 140 valence electrons. The molecule has 0 bridgehead atoms. The lowest BCUT2D eigenvalue weighted by atomic mass is 9.96. The fourth-order valence-electron chi connectivity index (χ4n) is 2.80. The SMILES string of the molecule is CSCC[C@@H](NC(=O)c1ccco1)C(=O)N1CCC[C@H](C(F)(F)F)C1. The summed E-state index contributed by atoms with van der Waals surface area (Å²) >= 11 is 1.50. The van der Waals surface area contributed by atoms with E-state index in [0.717, 1.165) is 0 Å². The number of halogens is 3. The molecule has 0 aromatic carbocycles. The number of thioether (sulfide) groups is 1. The summed E-state index contributed by atoms with van der Waals surface area (Å²) in [7, 11) is 0. The summed E-state index contributed by atoms with van der Waals surface area (Å²) in [5.41, 5.74) is 0. The van der Waals surface area contributed by atoms with Gasteiger partial charge in [0, 0.05) is 13.1 Å². The van der Waals surface area contributed by atoms with Gasteiger partial charge in [-0.05, 0) is 43.4 Å². The normalized spacial score (nSPS) is 19.5. The minimum atomic E-state index is -4.31. The number of hydrogen-bond donors (Lipinski definition) is 1. The molecule has 2 amide bonds. The first-order valence-electron chi connectivity index (χ1n) is 8.01. The number of nitrogens with one attached hydrogen (secondary N) is 1. The van der Waals surface area contributed by atoms with E-state index in [1.165, 1.54) is 29.0 Å². The maximum atomic E-state index is 13.0. The number of amides is 2. The Kier molecular flexibility index (Phi) is 6.80. The Morgan fingerprint density at radius 1 is 1.48 bits per heavy atom. The van der Waals surface area contributed by atoms with Crippen molar-refractivity contribution < 1.29 is 27.2 Å². The summed E-state index contributed by atoms with van der Waals surface area (Å²) in [6.07, 6.45) is -0.438. The first-order chi connectivity index (χ1) is 11.8. The van der Waals surface area contributed by atoms with Crippen LogP contribution < -0.4 is 5.32 Å². The Hall–Kier alpha value is -1.64. The van der Waals surface area contributed by atoms with Gasteiger partial charge in [0.15, 0.2) is 5.76 Å². The number of alkyl halides is 3. The van der Waals surface area contributed by atoms with Gasteiger partial charge in [0.2, 0.25) is 5.91 Å². The number of furan rings is 1. The van der Waals surface area contributed by atoms with Crippen LogP contribution in [0.5, 0.6) is 0 Å². The Labute approximate surface area is 148 Å². The number of piperidine rings is 1. The number of nitrogens with zero attached hydrogens (tertiary/aromatic N) is 1. The van der Waals surface area contributed by atoms with Crippen LogP contribution in [-0.2, 0) is 4.79 Å². The van der Waals surface area contributed by atoms with Crippen molar-refractivity contribution in [2.24, 2.45) is 5.92 Å². The molecule has 2 rings (SSSR count). The van der Waals surface area contributed by atoms with Crippen molar-refractivity contribution in [1.82, 2.24) is 10.2 Å². The van der Waals surface area contributed by atoms with E-state index in [9.17, 15) is 22.8 Å². The molecule has 1 aromatic rings. The minimum absolute atomic E-state index is 0.0293. The molecular formula is C16H21F3N2O3S. The summed E-state index contributed by atoms with van der Waals surface area (Å²) in [5, 5.41) is 2.59. The van der Waals surface area contributed by atoms with Crippen LogP contribution in [-0.4, -0.2) is 54.0 Å². The van der Waals surface area contributed by atoms with Gasteiger partial charge >= 0.3 is 6.18 Å². The van der Waals surface area contributed by atoms with Gasteiger partial charge in [-0.2, -0.15) is 24.9 Å². The van der Waals surface area contributed by atoms with Crippen LogP contribution in [0.4, 0.5) is 13.2 Å². The van der Waals surface area contributed by atoms with E-state index in [0.29, 0.717) is 18.6 Å². The molecule has 1 aromatic heterocycles. The second kappa shape index (κ2) is 8.64. The topological polar surface area (TPSA) is 62.6 Å². The number of carbonyl (C=O) groups excluding carboxylic acids is 2. The third-order valence-corrected chi connectivity index (χ3v) is 4.80. The van der Waals surface area contributed by atoms with Crippen LogP contribution in [0.2, 0.25) is 0 Å². The Balaban J connectivity index is 2.05. The standard InChI is InChI=1S/C16H21F3N2O3S/c1-25-9-6-12(20-14(22)13-5-3-8-24-13)15(23)21-7-2-4-11(10-21)16(17,18)19/h3,5,8,11-12H,2,4,6-7,9-10H2,1H3,(H,20,22)/t11-,12+/m0/s1. The van der Waals surface area contributed by atoms with E-state index in [2.05, 4.69) is 5.32 Å². The monoisotopic (exact) mass is 378 g/mol. The molecule has 25 heavy (non-hydrogen) atoms. The number of hydrogen-bond acceptors (Lipinski definition) is 4. The van der Waals surface area contributed by atoms with E-state index in [4.69, 9.17) is 4.42 Å². The van der Waals surface area contributed by atoms with Gasteiger partial charge < -0.3 is 14.6 Å². The predicted molar refractivity (Wildman–Crippen MR) is 88.3 cm³/mol. The third kappa shape index (κ3) is 5.42. The molecule has 0 aliphatic carbocycles. The van der Waals surface area contributed by atoms with Crippen LogP contribution in [0.25, 0.3) is 0 Å². The van der Waals surface area contributed by atoms with Crippen molar-refractivity contribution in [1.29, 1.82) is 0 Å². The lowest BCUT2D eigenvalue weighted by Gasteiger charge is -2.35. The van der Waals surface area contributed by atoms with Gasteiger partial charge in [-0.3, -0.25) is 9.59 Å². The van der Waals surface area contributed by atoms with Crippen molar-refractivity contribution >= 4 is 23.6 Å². The van der Waals surface area contributed by atoms with Gasteiger partial charge in [-0.1, -0.05) is 0 Å². The maximum absolute atomic E-state index is 13.0. The van der Waals surface area contributed by atoms with Gasteiger partial charge in [0.05, 0.1) is 12.2 Å². The minimum Gasteiger partial charge on any atom is -0.459 e. The number of rotatable bonds is 6. The van der Waals surface area contributed by atoms with E-state index >= 15 is 0 Å². The molecule has 1 fully saturated rings. The zero-order valence-electron chi connectivity index (χ0n) is 13.8. The highest BCUT2D eigenvalue weighted by Crippen LogP contribution is 2.33. The Morgan fingerprint density at radius 2 is 2.24 bits per heavy atom. The summed E-state index contributed by atoms with van der Waals surface area (Å²) in [6, 6.07) is 2.15. The smallest absolute Gasteiger partial charge is 0.393 e. The van der Waals surface area contributed by atoms with Crippen molar-refractivity contribution in [3.05, 3.63) is 24.2 Å². The van der Waals surface area contributed by atoms with E-state index in [-0.39, 0.29) is 25.3 Å². The molecule has 1 aliphatic rings. The van der Waals surface area contributed by atoms with Crippen LogP contribution in [0, 0.1) is 5.92 Å².